The van der Waals surface area contributed by atoms with Gasteiger partial charge >= 0.3 is 0 Å². The zero-order valence-corrected chi connectivity index (χ0v) is 9.79. The van der Waals surface area contributed by atoms with Crippen molar-refractivity contribution in [2.24, 2.45) is 0 Å². The Balaban J connectivity index is 2.06. The summed E-state index contributed by atoms with van der Waals surface area (Å²) in [4.78, 5) is 15.3. The fraction of sp³-hybridized carbons (Fsp3) is 0.700. The number of amides is 1. The highest BCUT2D eigenvalue weighted by molar-refractivity contribution is 5.77. The summed E-state index contributed by atoms with van der Waals surface area (Å²) in [5.41, 5.74) is 0. The third-order valence-corrected chi connectivity index (χ3v) is 2.37. The molecular formula is C10H19N5O. The first-order chi connectivity index (χ1) is 7.72. The Hall–Kier alpha value is -1.43. The molecule has 1 heterocycles. The van der Waals surface area contributed by atoms with Gasteiger partial charge < -0.3 is 10.6 Å². The van der Waals surface area contributed by atoms with E-state index in [2.05, 4.69) is 39.7 Å². The summed E-state index contributed by atoms with van der Waals surface area (Å²) >= 11 is 0. The molecule has 0 aliphatic heterocycles. The van der Waals surface area contributed by atoms with E-state index in [9.17, 15) is 4.79 Å². The topological polar surface area (TPSA) is 82.7 Å². The van der Waals surface area contributed by atoms with Gasteiger partial charge in [0.2, 0.25) is 5.91 Å². The lowest BCUT2D eigenvalue weighted by molar-refractivity contribution is -0.120. The van der Waals surface area contributed by atoms with Gasteiger partial charge in [0.1, 0.15) is 12.2 Å². The number of nitrogens with zero attached hydrogens (tertiary/aromatic N) is 2. The molecule has 6 nitrogen and oxygen atoms in total. The van der Waals surface area contributed by atoms with Crippen molar-refractivity contribution in [3.8, 4) is 0 Å². The molecule has 0 aromatic carbocycles. The largest absolute Gasteiger partial charge is 0.355 e. The van der Waals surface area contributed by atoms with E-state index >= 15 is 0 Å². The van der Waals surface area contributed by atoms with E-state index in [1.807, 2.05) is 0 Å². The second kappa shape index (κ2) is 6.95. The number of carbonyl (C=O) groups excluding carboxylic acids is 1. The molecule has 1 atom stereocenters. The second-order valence-corrected chi connectivity index (χ2v) is 3.72. The Labute approximate surface area is 95.2 Å². The van der Waals surface area contributed by atoms with Gasteiger partial charge in [-0.3, -0.25) is 9.89 Å². The minimum Gasteiger partial charge on any atom is -0.355 e. The average Bonchev–Trinajstić information content (AvgIpc) is 2.79. The molecular weight excluding hydrogens is 206 g/mol. The molecule has 0 saturated carbocycles. The summed E-state index contributed by atoms with van der Waals surface area (Å²) in [6, 6.07) is 0.375. The van der Waals surface area contributed by atoms with Crippen LogP contribution in [0.15, 0.2) is 6.33 Å². The predicted molar refractivity (Wildman–Crippen MR) is 60.9 cm³/mol. The molecule has 1 aromatic heterocycles. The molecule has 0 aliphatic rings. The first-order valence-corrected chi connectivity index (χ1v) is 5.56. The molecule has 1 amide bonds. The molecule has 0 bridgehead atoms. The number of nitrogens with one attached hydrogen (secondary N) is 3. The van der Waals surface area contributed by atoms with Gasteiger partial charge in [0.15, 0.2) is 0 Å². The standard InChI is InChI=1S/C10H19N5O/c1-3-8(2)12-6-10(16)11-5-4-9-13-7-14-15-9/h7-8,12H,3-6H2,1-2H3,(H,11,16)(H,13,14,15). The Bertz CT molecular complexity index is 298. The minimum atomic E-state index is 0.0137. The van der Waals surface area contributed by atoms with Crippen molar-refractivity contribution in [1.29, 1.82) is 0 Å². The van der Waals surface area contributed by atoms with Crippen molar-refractivity contribution < 1.29 is 4.79 Å². The first kappa shape index (κ1) is 12.6. The van der Waals surface area contributed by atoms with Gasteiger partial charge in [0.05, 0.1) is 6.54 Å². The monoisotopic (exact) mass is 225 g/mol. The second-order valence-electron chi connectivity index (χ2n) is 3.72. The lowest BCUT2D eigenvalue weighted by Crippen LogP contribution is -2.38. The highest BCUT2D eigenvalue weighted by Gasteiger charge is 2.03. The Kier molecular flexibility index (Phi) is 5.49. The summed E-state index contributed by atoms with van der Waals surface area (Å²) in [7, 11) is 0. The van der Waals surface area contributed by atoms with Crippen LogP contribution in [0.2, 0.25) is 0 Å². The molecule has 0 aliphatic carbocycles. The summed E-state index contributed by atoms with van der Waals surface area (Å²) < 4.78 is 0. The summed E-state index contributed by atoms with van der Waals surface area (Å²) in [5, 5.41) is 12.4. The Morgan fingerprint density at radius 3 is 3.06 bits per heavy atom. The van der Waals surface area contributed by atoms with E-state index in [0.29, 0.717) is 25.6 Å². The molecule has 1 unspecified atom stereocenters. The van der Waals surface area contributed by atoms with Crippen molar-refractivity contribution in [3.63, 3.8) is 0 Å². The maximum Gasteiger partial charge on any atom is 0.233 e. The number of carbonyl (C=O) groups is 1. The minimum absolute atomic E-state index is 0.0137. The molecule has 90 valence electrons. The number of hydrogen-bond donors (Lipinski definition) is 3. The predicted octanol–water partition coefficient (Wildman–Crippen LogP) is -0.148. The van der Waals surface area contributed by atoms with E-state index in [4.69, 9.17) is 0 Å². The lowest BCUT2D eigenvalue weighted by Gasteiger charge is -2.10. The molecule has 0 saturated heterocycles. The van der Waals surface area contributed by atoms with Crippen LogP contribution in [0.5, 0.6) is 0 Å². The zero-order chi connectivity index (χ0) is 11.8. The average molecular weight is 225 g/mol. The quantitative estimate of drug-likeness (QED) is 0.603. The SMILES string of the molecule is CCC(C)NCC(=O)NCCc1ncn[nH]1. The van der Waals surface area contributed by atoms with Gasteiger partial charge in [-0.1, -0.05) is 6.92 Å². The van der Waals surface area contributed by atoms with E-state index in [1.165, 1.54) is 6.33 Å². The molecule has 3 N–H and O–H groups in total. The molecule has 0 radical (unpaired) electrons. The van der Waals surface area contributed by atoms with Crippen LogP contribution >= 0.6 is 0 Å². The van der Waals surface area contributed by atoms with E-state index in [1.54, 1.807) is 0 Å². The van der Waals surface area contributed by atoms with Gasteiger partial charge in [-0.2, -0.15) is 5.10 Å². The van der Waals surface area contributed by atoms with Crippen molar-refractivity contribution in [2.75, 3.05) is 13.1 Å². The number of aromatic amines is 1. The maximum atomic E-state index is 11.4. The number of hydrogen-bond acceptors (Lipinski definition) is 4. The van der Waals surface area contributed by atoms with Crippen molar-refractivity contribution in [1.82, 2.24) is 25.8 Å². The molecule has 16 heavy (non-hydrogen) atoms. The van der Waals surface area contributed by atoms with Crippen molar-refractivity contribution in [2.45, 2.75) is 32.7 Å². The van der Waals surface area contributed by atoms with E-state index in [0.717, 1.165) is 12.2 Å². The van der Waals surface area contributed by atoms with Crippen LogP contribution in [-0.2, 0) is 11.2 Å². The van der Waals surface area contributed by atoms with Crippen molar-refractivity contribution in [3.05, 3.63) is 12.2 Å². The van der Waals surface area contributed by atoms with Crippen LogP contribution in [-0.4, -0.2) is 40.2 Å². The zero-order valence-electron chi connectivity index (χ0n) is 9.79. The van der Waals surface area contributed by atoms with Gasteiger partial charge in [-0.05, 0) is 13.3 Å². The van der Waals surface area contributed by atoms with Gasteiger partial charge in [0, 0.05) is 19.0 Å². The third-order valence-electron chi connectivity index (χ3n) is 2.37. The molecule has 0 fully saturated rings. The third kappa shape index (κ3) is 4.88. The van der Waals surface area contributed by atoms with Gasteiger partial charge in [-0.15, -0.1) is 0 Å². The summed E-state index contributed by atoms with van der Waals surface area (Å²) in [5.74, 6) is 0.801. The van der Waals surface area contributed by atoms with E-state index in [-0.39, 0.29) is 5.91 Å². The molecule has 1 rings (SSSR count). The lowest BCUT2D eigenvalue weighted by atomic mass is 10.2. The number of aromatic nitrogens is 3. The summed E-state index contributed by atoms with van der Waals surface area (Å²) in [6.07, 6.45) is 3.15. The van der Waals surface area contributed by atoms with Crippen LogP contribution in [0.25, 0.3) is 0 Å². The highest BCUT2D eigenvalue weighted by atomic mass is 16.1. The first-order valence-electron chi connectivity index (χ1n) is 5.56. The van der Waals surface area contributed by atoms with Gasteiger partial charge in [0.25, 0.3) is 0 Å². The maximum absolute atomic E-state index is 11.4. The van der Waals surface area contributed by atoms with Crippen LogP contribution in [0.3, 0.4) is 0 Å². The van der Waals surface area contributed by atoms with Crippen LogP contribution in [0.4, 0.5) is 0 Å². The highest BCUT2D eigenvalue weighted by Crippen LogP contribution is 1.87. The Morgan fingerprint density at radius 1 is 1.62 bits per heavy atom. The molecule has 1 aromatic rings. The van der Waals surface area contributed by atoms with Crippen LogP contribution in [0.1, 0.15) is 26.1 Å². The summed E-state index contributed by atoms with van der Waals surface area (Å²) in [6.45, 7) is 5.09. The van der Waals surface area contributed by atoms with Crippen LogP contribution < -0.4 is 10.6 Å². The van der Waals surface area contributed by atoms with Gasteiger partial charge in [-0.25, -0.2) is 4.98 Å². The number of H-pyrrole nitrogens is 1. The molecule has 6 heteroatoms. The smallest absolute Gasteiger partial charge is 0.233 e. The van der Waals surface area contributed by atoms with E-state index < -0.39 is 0 Å². The van der Waals surface area contributed by atoms with Crippen LogP contribution in [0, 0.1) is 0 Å². The normalized spacial score (nSPS) is 12.4. The fourth-order valence-corrected chi connectivity index (χ4v) is 1.15. The molecule has 0 spiro atoms. The fourth-order valence-electron chi connectivity index (χ4n) is 1.15. The van der Waals surface area contributed by atoms with Crippen molar-refractivity contribution >= 4 is 5.91 Å². The number of rotatable bonds is 7. The Morgan fingerprint density at radius 2 is 2.44 bits per heavy atom.